The molecule has 27 heavy (non-hydrogen) atoms. The summed E-state index contributed by atoms with van der Waals surface area (Å²) in [5, 5.41) is 3.30. The number of ether oxygens (including phenoxy) is 2. The van der Waals surface area contributed by atoms with Crippen LogP contribution in [0.3, 0.4) is 0 Å². The number of thiophene rings is 1. The molecule has 5 nitrogen and oxygen atoms in total. The van der Waals surface area contributed by atoms with Crippen LogP contribution in [0, 0.1) is 13.8 Å². The van der Waals surface area contributed by atoms with E-state index in [9.17, 15) is 9.59 Å². The summed E-state index contributed by atoms with van der Waals surface area (Å²) in [6.07, 6.45) is 0. The van der Waals surface area contributed by atoms with Crippen molar-refractivity contribution in [1.29, 1.82) is 0 Å². The first kappa shape index (κ1) is 18.7. The van der Waals surface area contributed by atoms with Crippen molar-refractivity contribution in [3.8, 4) is 11.5 Å². The van der Waals surface area contributed by atoms with E-state index in [1.54, 1.807) is 24.3 Å². The topological polar surface area (TPSA) is 64.6 Å². The molecule has 0 fully saturated rings. The molecule has 0 bridgehead atoms. The zero-order chi connectivity index (χ0) is 19.4. The molecule has 0 saturated carbocycles. The summed E-state index contributed by atoms with van der Waals surface area (Å²) in [5.41, 5.74) is 1.64. The Bertz CT molecular complexity index is 979. The van der Waals surface area contributed by atoms with Gasteiger partial charge in [0.05, 0.1) is 12.7 Å². The van der Waals surface area contributed by atoms with Gasteiger partial charge in [-0.15, -0.1) is 11.3 Å². The molecular weight excluding hydrogens is 362 g/mol. The molecule has 0 atom stereocenters. The predicted octanol–water partition coefficient (Wildman–Crippen LogP) is 5.20. The van der Waals surface area contributed by atoms with Crippen molar-refractivity contribution in [1.82, 2.24) is 0 Å². The second-order valence-corrected chi connectivity index (χ2v) is 7.10. The Hall–Kier alpha value is -3.12. The predicted molar refractivity (Wildman–Crippen MR) is 106 cm³/mol. The van der Waals surface area contributed by atoms with E-state index in [2.05, 4.69) is 5.32 Å². The average molecular weight is 381 g/mol. The highest BCUT2D eigenvalue weighted by molar-refractivity contribution is 7.16. The van der Waals surface area contributed by atoms with Crippen LogP contribution in [-0.4, -0.2) is 19.0 Å². The van der Waals surface area contributed by atoms with Gasteiger partial charge in [-0.2, -0.15) is 0 Å². The van der Waals surface area contributed by atoms with Crippen LogP contribution in [0.2, 0.25) is 0 Å². The summed E-state index contributed by atoms with van der Waals surface area (Å²) >= 11 is 1.35. The van der Waals surface area contributed by atoms with Gasteiger partial charge in [0.1, 0.15) is 16.5 Å². The lowest BCUT2D eigenvalue weighted by molar-refractivity contribution is 0.0601. The van der Waals surface area contributed by atoms with E-state index in [0.717, 1.165) is 10.4 Å². The molecule has 0 unspecified atom stereocenters. The summed E-state index contributed by atoms with van der Waals surface area (Å²) in [6.45, 7) is 3.73. The van der Waals surface area contributed by atoms with E-state index in [1.165, 1.54) is 18.4 Å². The van der Waals surface area contributed by atoms with E-state index < -0.39 is 5.97 Å². The number of amides is 1. The number of esters is 1. The fraction of sp³-hybridized carbons (Fsp3) is 0.143. The van der Waals surface area contributed by atoms with Crippen LogP contribution >= 0.6 is 11.3 Å². The molecule has 2 aromatic carbocycles. The Morgan fingerprint density at radius 3 is 2.37 bits per heavy atom. The van der Waals surface area contributed by atoms with Gasteiger partial charge in [0.25, 0.3) is 5.91 Å². The van der Waals surface area contributed by atoms with Crippen molar-refractivity contribution < 1.29 is 19.1 Å². The van der Waals surface area contributed by atoms with E-state index in [-0.39, 0.29) is 5.91 Å². The number of anilines is 1. The number of carbonyl (C=O) groups is 2. The highest BCUT2D eigenvalue weighted by atomic mass is 32.1. The molecule has 3 aromatic rings. The lowest BCUT2D eigenvalue weighted by Crippen LogP contribution is -2.14. The second-order valence-electron chi connectivity index (χ2n) is 5.88. The van der Waals surface area contributed by atoms with Crippen molar-refractivity contribution in [3.63, 3.8) is 0 Å². The molecule has 1 amide bonds. The third-order valence-corrected chi connectivity index (χ3v) is 5.20. The molecule has 1 heterocycles. The first-order valence-electron chi connectivity index (χ1n) is 8.32. The van der Waals surface area contributed by atoms with Gasteiger partial charge in [-0.25, -0.2) is 4.79 Å². The van der Waals surface area contributed by atoms with Crippen LogP contribution in [0.15, 0.2) is 54.6 Å². The van der Waals surface area contributed by atoms with Crippen LogP contribution in [-0.2, 0) is 4.74 Å². The molecular formula is C21H19NO4S. The fourth-order valence-electron chi connectivity index (χ4n) is 2.56. The lowest BCUT2D eigenvalue weighted by Gasteiger charge is -2.09. The molecule has 138 valence electrons. The van der Waals surface area contributed by atoms with Gasteiger partial charge < -0.3 is 14.8 Å². The standard InChI is InChI=1S/C21H19NO4S/c1-13-14(2)27-20(18(13)21(24)25-3)22-19(23)15-8-7-11-17(12-15)26-16-9-5-4-6-10-16/h4-12H,1-3H3,(H,22,23). The number of benzene rings is 2. The zero-order valence-corrected chi connectivity index (χ0v) is 16.1. The Labute approximate surface area is 161 Å². The highest BCUT2D eigenvalue weighted by Crippen LogP contribution is 2.33. The minimum absolute atomic E-state index is 0.320. The molecule has 6 heteroatoms. The third kappa shape index (κ3) is 4.17. The molecule has 0 saturated heterocycles. The maximum atomic E-state index is 12.7. The number of carbonyl (C=O) groups excluding carboxylic acids is 2. The number of hydrogen-bond donors (Lipinski definition) is 1. The molecule has 1 aromatic heterocycles. The summed E-state index contributed by atoms with van der Waals surface area (Å²) in [4.78, 5) is 25.7. The smallest absolute Gasteiger partial charge is 0.341 e. The van der Waals surface area contributed by atoms with Gasteiger partial charge >= 0.3 is 5.97 Å². The van der Waals surface area contributed by atoms with E-state index in [0.29, 0.717) is 27.6 Å². The van der Waals surface area contributed by atoms with Gasteiger partial charge in [-0.05, 0) is 49.7 Å². The van der Waals surface area contributed by atoms with Gasteiger partial charge in [0.15, 0.2) is 0 Å². The van der Waals surface area contributed by atoms with E-state index in [4.69, 9.17) is 9.47 Å². The number of rotatable bonds is 5. The normalized spacial score (nSPS) is 10.3. The number of aryl methyl sites for hydroxylation is 1. The molecule has 3 rings (SSSR count). The molecule has 0 radical (unpaired) electrons. The maximum Gasteiger partial charge on any atom is 0.341 e. The first-order chi connectivity index (χ1) is 13.0. The number of nitrogens with one attached hydrogen (secondary N) is 1. The number of methoxy groups -OCH3 is 1. The van der Waals surface area contributed by atoms with Crippen molar-refractivity contribution in [3.05, 3.63) is 76.2 Å². The van der Waals surface area contributed by atoms with E-state index >= 15 is 0 Å². The third-order valence-electron chi connectivity index (χ3n) is 4.08. The summed E-state index contributed by atoms with van der Waals surface area (Å²) in [6, 6.07) is 16.2. The highest BCUT2D eigenvalue weighted by Gasteiger charge is 2.22. The van der Waals surface area contributed by atoms with Crippen LogP contribution in [0.5, 0.6) is 11.5 Å². The monoisotopic (exact) mass is 381 g/mol. The minimum Gasteiger partial charge on any atom is -0.465 e. The first-order valence-corrected chi connectivity index (χ1v) is 9.14. The number of hydrogen-bond acceptors (Lipinski definition) is 5. The quantitative estimate of drug-likeness (QED) is 0.617. The summed E-state index contributed by atoms with van der Waals surface area (Å²) in [7, 11) is 1.32. The van der Waals surface area contributed by atoms with Gasteiger partial charge in [-0.3, -0.25) is 4.79 Å². The minimum atomic E-state index is -0.465. The molecule has 0 aliphatic carbocycles. The maximum absolute atomic E-state index is 12.7. The molecule has 1 N–H and O–H groups in total. The largest absolute Gasteiger partial charge is 0.465 e. The van der Waals surface area contributed by atoms with Gasteiger partial charge in [-0.1, -0.05) is 24.3 Å². The summed E-state index contributed by atoms with van der Waals surface area (Å²) in [5.74, 6) is 0.460. The SMILES string of the molecule is COC(=O)c1c(NC(=O)c2cccc(Oc3ccccc3)c2)sc(C)c1C. The van der Waals surface area contributed by atoms with Crippen molar-refractivity contribution >= 4 is 28.2 Å². The van der Waals surface area contributed by atoms with Crippen LogP contribution in [0.25, 0.3) is 0 Å². The molecule has 0 aliphatic heterocycles. The Morgan fingerprint density at radius 2 is 1.67 bits per heavy atom. The molecule has 0 spiro atoms. The van der Waals surface area contributed by atoms with Crippen LogP contribution in [0.1, 0.15) is 31.2 Å². The zero-order valence-electron chi connectivity index (χ0n) is 15.2. The van der Waals surface area contributed by atoms with Gasteiger partial charge in [0, 0.05) is 10.4 Å². The van der Waals surface area contributed by atoms with Crippen molar-refractivity contribution in [2.45, 2.75) is 13.8 Å². The number of para-hydroxylation sites is 1. The Kier molecular flexibility index (Phi) is 5.57. The van der Waals surface area contributed by atoms with Crippen LogP contribution < -0.4 is 10.1 Å². The van der Waals surface area contributed by atoms with E-state index in [1.807, 2.05) is 44.2 Å². The van der Waals surface area contributed by atoms with Crippen LogP contribution in [0.4, 0.5) is 5.00 Å². The molecule has 0 aliphatic rings. The van der Waals surface area contributed by atoms with Crippen molar-refractivity contribution in [2.24, 2.45) is 0 Å². The van der Waals surface area contributed by atoms with Crippen molar-refractivity contribution in [2.75, 3.05) is 12.4 Å². The Balaban J connectivity index is 1.82. The van der Waals surface area contributed by atoms with Gasteiger partial charge in [0.2, 0.25) is 0 Å². The fourth-order valence-corrected chi connectivity index (χ4v) is 3.61. The second kappa shape index (κ2) is 8.05. The summed E-state index contributed by atoms with van der Waals surface area (Å²) < 4.78 is 10.6. The Morgan fingerprint density at radius 1 is 0.963 bits per heavy atom. The average Bonchev–Trinajstić information content (AvgIpc) is 2.95. The lowest BCUT2D eigenvalue weighted by atomic mass is 10.1.